The van der Waals surface area contributed by atoms with Gasteiger partial charge in [0.25, 0.3) is 0 Å². The Labute approximate surface area is 314 Å². The minimum atomic E-state index is -5.00. The molecule has 0 saturated heterocycles. The first kappa shape index (κ1) is 49.1. The third-order valence-electron chi connectivity index (χ3n) is 9.64. The molecule has 0 heterocycles. The molecule has 52 heavy (non-hydrogen) atoms. The maximum Gasteiger partial charge on any atom is 0.472 e. The van der Waals surface area contributed by atoms with Gasteiger partial charge in [0.2, 0.25) is 0 Å². The molecule has 0 aliphatic heterocycles. The smallest absolute Gasteiger partial charge is 0.457 e. The van der Waals surface area contributed by atoms with Crippen LogP contribution >= 0.6 is 7.82 Å². The summed E-state index contributed by atoms with van der Waals surface area (Å²) in [4.78, 5) is 23.0. The van der Waals surface area contributed by atoms with Gasteiger partial charge in [0.1, 0.15) is 42.7 Å². The number of hydrogen-bond donors (Lipinski definition) is 6. The lowest BCUT2D eigenvalue weighted by Crippen LogP contribution is -2.64. The Balaban J connectivity index is 2.44. The van der Waals surface area contributed by atoms with Gasteiger partial charge in [0.15, 0.2) is 0 Å². The van der Waals surface area contributed by atoms with E-state index in [1.807, 2.05) is 0 Å². The number of phosphoric acid groups is 1. The second-order valence-electron chi connectivity index (χ2n) is 14.5. The highest BCUT2D eigenvalue weighted by Crippen LogP contribution is 2.47. The van der Waals surface area contributed by atoms with Crippen molar-refractivity contribution in [2.24, 2.45) is 0 Å². The molecule has 0 radical (unpaired) electrons. The van der Waals surface area contributed by atoms with Gasteiger partial charge in [-0.25, -0.2) is 4.57 Å². The van der Waals surface area contributed by atoms with E-state index in [1.165, 1.54) is 89.9 Å². The van der Waals surface area contributed by atoms with Crippen LogP contribution in [0.3, 0.4) is 0 Å². The fourth-order valence-electron chi connectivity index (χ4n) is 6.29. The molecule has 6 N–H and O–H groups in total. The van der Waals surface area contributed by atoms with Gasteiger partial charge < -0.3 is 39.9 Å². The quantitative estimate of drug-likeness (QED) is 0.0167. The van der Waals surface area contributed by atoms with Crippen LogP contribution < -0.4 is 0 Å². The summed E-state index contributed by atoms with van der Waals surface area (Å²) in [6, 6.07) is 0. The minimum absolute atomic E-state index is 0.0764. The van der Waals surface area contributed by atoms with Crippen LogP contribution in [0.2, 0.25) is 0 Å². The van der Waals surface area contributed by atoms with Gasteiger partial charge in [-0.15, -0.1) is 0 Å². The molecule has 1 aliphatic rings. The minimum Gasteiger partial charge on any atom is -0.457 e. The summed E-state index contributed by atoms with van der Waals surface area (Å²) in [6.07, 6.45) is 18.6. The lowest BCUT2D eigenvalue weighted by atomic mass is 9.85. The van der Waals surface area contributed by atoms with E-state index in [0.29, 0.717) is 13.0 Å². The molecule has 12 nitrogen and oxygen atoms in total. The number of ether oxygens (including phenoxy) is 2. The van der Waals surface area contributed by atoms with Crippen LogP contribution in [0.4, 0.5) is 0 Å². The van der Waals surface area contributed by atoms with Gasteiger partial charge in [-0.3, -0.25) is 13.8 Å². The average Bonchev–Trinajstić information content (AvgIpc) is 3.12. The fourth-order valence-corrected chi connectivity index (χ4v) is 7.26. The first-order valence-corrected chi connectivity index (χ1v) is 22.0. The first-order valence-electron chi connectivity index (χ1n) is 20.5. The number of carbonyl (C=O) groups is 1. The molecular weight excluding hydrogens is 691 g/mol. The fraction of sp³-hybridized carbons (Fsp3) is 0.923. The highest BCUT2D eigenvalue weighted by Gasteiger charge is 2.51. The Morgan fingerprint density at radius 1 is 0.596 bits per heavy atom. The topological polar surface area (TPSA) is 192 Å². The van der Waals surface area contributed by atoms with Crippen LogP contribution in [0.5, 0.6) is 0 Å². The van der Waals surface area contributed by atoms with Crippen molar-refractivity contribution < 1.29 is 58.3 Å². The number of phosphoric ester groups is 1. The number of aliphatic hydroxyl groups is 5. The summed E-state index contributed by atoms with van der Waals surface area (Å²) >= 11 is 0. The van der Waals surface area contributed by atoms with Gasteiger partial charge >= 0.3 is 13.8 Å². The molecule has 0 aromatic rings. The van der Waals surface area contributed by atoms with E-state index in [2.05, 4.69) is 26.0 Å². The summed E-state index contributed by atoms with van der Waals surface area (Å²) in [5.74, 6) is -0.481. The van der Waals surface area contributed by atoms with E-state index >= 15 is 0 Å². The van der Waals surface area contributed by atoms with Crippen molar-refractivity contribution >= 4 is 13.8 Å². The second kappa shape index (κ2) is 31.3. The average molecular weight is 767 g/mol. The number of esters is 1. The first-order chi connectivity index (χ1) is 25.0. The molecule has 6 atom stereocenters. The molecule has 13 heteroatoms. The van der Waals surface area contributed by atoms with E-state index in [1.54, 1.807) is 0 Å². The van der Waals surface area contributed by atoms with Crippen molar-refractivity contribution in [3.05, 3.63) is 12.2 Å². The number of unbranched alkanes of at least 4 members (excludes halogenated alkanes) is 20. The number of aliphatic hydroxyl groups excluding tert-OH is 5. The van der Waals surface area contributed by atoms with Crippen LogP contribution in [-0.2, 0) is 27.9 Å². The summed E-state index contributed by atoms with van der Waals surface area (Å²) in [5, 5.41) is 50.0. The number of allylic oxidation sites excluding steroid dienone is 2. The molecule has 0 aromatic heterocycles. The Morgan fingerprint density at radius 3 is 1.52 bits per heavy atom. The Hall–Kier alpha value is -0.920. The Kier molecular flexibility index (Phi) is 29.6. The Morgan fingerprint density at radius 2 is 1.02 bits per heavy atom. The van der Waals surface area contributed by atoms with Crippen molar-refractivity contribution in [2.45, 2.75) is 211 Å². The predicted octanol–water partition coefficient (Wildman–Crippen LogP) is 7.19. The second-order valence-corrected chi connectivity index (χ2v) is 15.9. The van der Waals surface area contributed by atoms with Crippen molar-refractivity contribution in [1.82, 2.24) is 0 Å². The molecule has 308 valence electrons. The van der Waals surface area contributed by atoms with Gasteiger partial charge in [0, 0.05) is 13.0 Å². The largest absolute Gasteiger partial charge is 0.472 e. The summed E-state index contributed by atoms with van der Waals surface area (Å²) in [6.45, 7) is 4.21. The van der Waals surface area contributed by atoms with Crippen LogP contribution in [-0.4, -0.2) is 98.9 Å². The summed E-state index contributed by atoms with van der Waals surface area (Å²) in [7, 11) is -5.00. The number of carbonyl (C=O) groups excluding carboxylic acids is 1. The molecule has 6 unspecified atom stereocenters. The van der Waals surface area contributed by atoms with Gasteiger partial charge in [0.05, 0.1) is 13.2 Å². The van der Waals surface area contributed by atoms with E-state index in [-0.39, 0.29) is 13.0 Å². The zero-order valence-electron chi connectivity index (χ0n) is 32.4. The van der Waals surface area contributed by atoms with Crippen LogP contribution in [0.1, 0.15) is 168 Å². The van der Waals surface area contributed by atoms with Crippen LogP contribution in [0, 0.1) is 0 Å². The lowest BCUT2D eigenvalue weighted by molar-refractivity contribution is -0.220. The lowest BCUT2D eigenvalue weighted by Gasteiger charge is -2.41. The Bertz CT molecular complexity index is 921. The van der Waals surface area contributed by atoms with Gasteiger partial charge in [-0.1, -0.05) is 135 Å². The van der Waals surface area contributed by atoms with Gasteiger partial charge in [-0.2, -0.15) is 0 Å². The molecule has 1 fully saturated rings. The van der Waals surface area contributed by atoms with Gasteiger partial charge in [-0.05, 0) is 38.5 Å². The predicted molar refractivity (Wildman–Crippen MR) is 203 cm³/mol. The number of rotatable bonds is 34. The third kappa shape index (κ3) is 23.8. The molecule has 0 spiro atoms. The van der Waals surface area contributed by atoms with Crippen molar-refractivity contribution in [3.63, 3.8) is 0 Å². The highest BCUT2D eigenvalue weighted by atomic mass is 31.2. The van der Waals surface area contributed by atoms with E-state index < -0.39 is 63.1 Å². The monoisotopic (exact) mass is 766 g/mol. The van der Waals surface area contributed by atoms with E-state index in [9.17, 15) is 39.8 Å². The zero-order valence-corrected chi connectivity index (χ0v) is 33.3. The molecule has 1 aliphatic carbocycles. The SMILES string of the molecule is CCCCCCC/C=C\CCCCCCCCOCC(COP(=O)(O)OC1C(O)C(O)C(O)C(O)C1O)OC(=O)CCCCCCCCCCCC. The standard InChI is InChI=1S/C39H75O12P/c1-3-5-7-9-11-13-15-16-17-18-19-21-23-25-27-29-48-30-32(50-33(40)28-26-24-22-20-14-12-10-8-6-4-2)31-49-52(46,47)51-39-37(44)35(42)34(41)36(43)38(39)45/h15-16,32,34-39,41-45H,3-14,17-31H2,1-2H3,(H,46,47)/b16-15-. The molecule has 0 amide bonds. The molecular formula is C39H75O12P. The van der Waals surface area contributed by atoms with Crippen LogP contribution in [0.15, 0.2) is 12.2 Å². The molecule has 1 saturated carbocycles. The zero-order chi connectivity index (χ0) is 38.5. The van der Waals surface area contributed by atoms with Crippen LogP contribution in [0.25, 0.3) is 0 Å². The van der Waals surface area contributed by atoms with E-state index in [4.69, 9.17) is 18.5 Å². The molecule has 0 bridgehead atoms. The highest BCUT2D eigenvalue weighted by molar-refractivity contribution is 7.47. The van der Waals surface area contributed by atoms with Crippen molar-refractivity contribution in [3.8, 4) is 0 Å². The third-order valence-corrected chi connectivity index (χ3v) is 10.6. The van der Waals surface area contributed by atoms with Crippen molar-refractivity contribution in [1.29, 1.82) is 0 Å². The van der Waals surface area contributed by atoms with Crippen molar-refractivity contribution in [2.75, 3.05) is 19.8 Å². The number of hydrogen-bond acceptors (Lipinski definition) is 11. The molecule has 1 rings (SSSR count). The summed E-state index contributed by atoms with van der Waals surface area (Å²) < 4.78 is 34.0. The normalized spacial score (nSPS) is 23.9. The maximum absolute atomic E-state index is 12.7. The molecule has 0 aromatic carbocycles. The maximum atomic E-state index is 12.7. The van der Waals surface area contributed by atoms with E-state index in [0.717, 1.165) is 51.4 Å². The summed E-state index contributed by atoms with van der Waals surface area (Å²) in [5.41, 5.74) is 0.